The van der Waals surface area contributed by atoms with Crippen molar-refractivity contribution in [2.45, 2.75) is 13.8 Å². The first-order chi connectivity index (χ1) is 14.6. The molecule has 2 aromatic carbocycles. The highest BCUT2D eigenvalue weighted by atomic mass is 16.5. The number of amides is 2. The van der Waals surface area contributed by atoms with Crippen LogP contribution in [0.2, 0.25) is 0 Å². The van der Waals surface area contributed by atoms with Gasteiger partial charge in [0.05, 0.1) is 0 Å². The van der Waals surface area contributed by atoms with Crippen LogP contribution < -0.4 is 15.4 Å². The second kappa shape index (κ2) is 8.44. The molecule has 4 rings (SSSR count). The molecule has 0 radical (unpaired) electrons. The molecule has 0 saturated heterocycles. The molecule has 2 heterocycles. The van der Waals surface area contributed by atoms with Gasteiger partial charge in [-0.2, -0.15) is 0 Å². The number of imidazole rings is 1. The first kappa shape index (κ1) is 19.1. The van der Waals surface area contributed by atoms with E-state index in [0.29, 0.717) is 23.1 Å². The minimum atomic E-state index is -0.309. The van der Waals surface area contributed by atoms with Crippen molar-refractivity contribution < 1.29 is 9.53 Å². The molecule has 0 aliphatic carbocycles. The van der Waals surface area contributed by atoms with E-state index in [-0.39, 0.29) is 6.03 Å². The molecule has 8 nitrogen and oxygen atoms in total. The topological polar surface area (TPSA) is 94.0 Å². The zero-order chi connectivity index (χ0) is 20.9. The SMILES string of the molecule is Cc1ccc(NC(=O)Nc2ccc(Oc3ccc(-n4ccnc4)nn3)cc2)c(C)c1. The van der Waals surface area contributed by atoms with Gasteiger partial charge in [0.2, 0.25) is 5.88 Å². The Bertz CT molecular complexity index is 1140. The number of hydrogen-bond acceptors (Lipinski definition) is 5. The van der Waals surface area contributed by atoms with Crippen LogP contribution in [0, 0.1) is 13.8 Å². The molecule has 4 aromatic rings. The van der Waals surface area contributed by atoms with Crippen molar-refractivity contribution in [1.29, 1.82) is 0 Å². The Morgan fingerprint density at radius 1 is 0.967 bits per heavy atom. The summed E-state index contributed by atoms with van der Waals surface area (Å²) in [6.07, 6.45) is 5.10. The molecule has 2 aromatic heterocycles. The lowest BCUT2D eigenvalue weighted by molar-refractivity contribution is 0.262. The predicted octanol–water partition coefficient (Wildman–Crippen LogP) is 4.72. The summed E-state index contributed by atoms with van der Waals surface area (Å²) in [7, 11) is 0. The summed E-state index contributed by atoms with van der Waals surface area (Å²) in [6.45, 7) is 3.97. The standard InChI is InChI=1S/C22H20N6O2/c1-15-3-8-19(16(2)13-15)25-22(29)24-17-4-6-18(7-5-17)30-21-10-9-20(26-27-21)28-12-11-23-14-28/h3-14H,1-2H3,(H2,24,25,29). The summed E-state index contributed by atoms with van der Waals surface area (Å²) in [6, 6.07) is 16.1. The van der Waals surface area contributed by atoms with Crippen LogP contribution in [0.15, 0.2) is 73.3 Å². The summed E-state index contributed by atoms with van der Waals surface area (Å²) in [4.78, 5) is 16.2. The van der Waals surface area contributed by atoms with E-state index < -0.39 is 0 Å². The van der Waals surface area contributed by atoms with Gasteiger partial charge in [-0.3, -0.25) is 4.57 Å². The molecule has 0 saturated carbocycles. The summed E-state index contributed by atoms with van der Waals surface area (Å²) < 4.78 is 7.46. The van der Waals surface area contributed by atoms with Gasteiger partial charge in [-0.05, 0) is 55.8 Å². The van der Waals surface area contributed by atoms with E-state index >= 15 is 0 Å². The molecule has 0 atom stereocenters. The summed E-state index contributed by atoms with van der Waals surface area (Å²) in [5, 5.41) is 13.8. The number of aromatic nitrogens is 4. The smallest absolute Gasteiger partial charge is 0.323 e. The van der Waals surface area contributed by atoms with Crippen LogP contribution in [0.4, 0.5) is 16.2 Å². The fourth-order valence-electron chi connectivity index (χ4n) is 2.87. The zero-order valence-electron chi connectivity index (χ0n) is 16.5. The van der Waals surface area contributed by atoms with Gasteiger partial charge in [-0.25, -0.2) is 9.78 Å². The quantitative estimate of drug-likeness (QED) is 0.506. The largest absolute Gasteiger partial charge is 0.438 e. The number of carbonyl (C=O) groups excluding carboxylic acids is 1. The number of benzene rings is 2. The molecule has 30 heavy (non-hydrogen) atoms. The van der Waals surface area contributed by atoms with Crippen molar-refractivity contribution in [3.63, 3.8) is 0 Å². The first-order valence-corrected chi connectivity index (χ1v) is 9.32. The van der Waals surface area contributed by atoms with Crippen LogP contribution in [0.3, 0.4) is 0 Å². The lowest BCUT2D eigenvalue weighted by Gasteiger charge is -2.11. The first-order valence-electron chi connectivity index (χ1n) is 9.32. The van der Waals surface area contributed by atoms with Crippen LogP contribution >= 0.6 is 0 Å². The highest BCUT2D eigenvalue weighted by Gasteiger charge is 2.06. The average molecular weight is 400 g/mol. The highest BCUT2D eigenvalue weighted by molar-refractivity contribution is 6.00. The number of carbonyl (C=O) groups is 1. The van der Waals surface area contributed by atoms with Gasteiger partial charge in [0.15, 0.2) is 5.82 Å². The van der Waals surface area contributed by atoms with E-state index in [1.54, 1.807) is 59.7 Å². The normalized spacial score (nSPS) is 10.5. The Labute approximate surface area is 173 Å². The van der Waals surface area contributed by atoms with Crippen LogP contribution in [-0.4, -0.2) is 25.8 Å². The molecule has 0 unspecified atom stereocenters. The number of anilines is 2. The van der Waals surface area contributed by atoms with Gasteiger partial charge in [0.1, 0.15) is 12.1 Å². The van der Waals surface area contributed by atoms with Crippen molar-refractivity contribution in [2.75, 3.05) is 10.6 Å². The highest BCUT2D eigenvalue weighted by Crippen LogP contribution is 2.22. The fraction of sp³-hybridized carbons (Fsp3) is 0.0909. The maximum absolute atomic E-state index is 12.2. The van der Waals surface area contributed by atoms with Crippen molar-refractivity contribution in [2.24, 2.45) is 0 Å². The zero-order valence-corrected chi connectivity index (χ0v) is 16.5. The minimum Gasteiger partial charge on any atom is -0.438 e. The third kappa shape index (κ3) is 4.61. The summed E-state index contributed by atoms with van der Waals surface area (Å²) in [5.74, 6) is 1.60. The molecule has 150 valence electrons. The van der Waals surface area contributed by atoms with Gasteiger partial charge < -0.3 is 15.4 Å². The van der Waals surface area contributed by atoms with Crippen LogP contribution in [-0.2, 0) is 0 Å². The molecule has 0 bridgehead atoms. The Morgan fingerprint density at radius 2 is 1.80 bits per heavy atom. The van der Waals surface area contributed by atoms with Crippen molar-refractivity contribution >= 4 is 17.4 Å². The second-order valence-corrected chi connectivity index (χ2v) is 6.72. The molecule has 2 N–H and O–H groups in total. The maximum atomic E-state index is 12.2. The van der Waals surface area contributed by atoms with Crippen LogP contribution in [0.1, 0.15) is 11.1 Å². The number of urea groups is 1. The number of nitrogens with zero attached hydrogens (tertiary/aromatic N) is 4. The maximum Gasteiger partial charge on any atom is 0.323 e. The average Bonchev–Trinajstić information content (AvgIpc) is 3.27. The molecule has 0 fully saturated rings. The lowest BCUT2D eigenvalue weighted by Crippen LogP contribution is -2.19. The van der Waals surface area contributed by atoms with E-state index in [0.717, 1.165) is 16.8 Å². The van der Waals surface area contributed by atoms with E-state index in [1.165, 1.54) is 0 Å². The fourth-order valence-corrected chi connectivity index (χ4v) is 2.87. The Kier molecular flexibility index (Phi) is 5.38. The predicted molar refractivity (Wildman–Crippen MR) is 114 cm³/mol. The van der Waals surface area contributed by atoms with Crippen molar-refractivity contribution in [3.8, 4) is 17.4 Å². The number of hydrogen-bond donors (Lipinski definition) is 2. The molecule has 8 heteroatoms. The molecular formula is C22H20N6O2. The molecule has 0 spiro atoms. The summed E-state index contributed by atoms with van der Waals surface area (Å²) in [5.41, 5.74) is 3.58. The Morgan fingerprint density at radius 3 is 2.47 bits per heavy atom. The van der Waals surface area contributed by atoms with E-state index in [1.807, 2.05) is 32.0 Å². The lowest BCUT2D eigenvalue weighted by atomic mass is 10.1. The second-order valence-electron chi connectivity index (χ2n) is 6.72. The minimum absolute atomic E-state index is 0.309. The molecule has 0 aliphatic heterocycles. The van der Waals surface area contributed by atoms with Gasteiger partial charge >= 0.3 is 6.03 Å². The summed E-state index contributed by atoms with van der Waals surface area (Å²) >= 11 is 0. The van der Waals surface area contributed by atoms with Gasteiger partial charge in [-0.15, -0.1) is 10.2 Å². The van der Waals surface area contributed by atoms with Crippen molar-refractivity contribution in [1.82, 2.24) is 19.7 Å². The van der Waals surface area contributed by atoms with Crippen LogP contribution in [0.25, 0.3) is 5.82 Å². The molecule has 2 amide bonds. The number of rotatable bonds is 5. The van der Waals surface area contributed by atoms with Crippen molar-refractivity contribution in [3.05, 3.63) is 84.4 Å². The van der Waals surface area contributed by atoms with E-state index in [4.69, 9.17) is 4.74 Å². The number of ether oxygens (including phenoxy) is 1. The monoisotopic (exact) mass is 400 g/mol. The van der Waals surface area contributed by atoms with E-state index in [9.17, 15) is 4.79 Å². The Balaban J connectivity index is 1.35. The van der Waals surface area contributed by atoms with Gasteiger partial charge in [0.25, 0.3) is 0 Å². The third-order valence-electron chi connectivity index (χ3n) is 4.36. The van der Waals surface area contributed by atoms with Gasteiger partial charge in [0, 0.05) is 29.8 Å². The number of aryl methyl sites for hydroxylation is 2. The molecular weight excluding hydrogens is 380 g/mol. The van der Waals surface area contributed by atoms with E-state index in [2.05, 4.69) is 25.8 Å². The van der Waals surface area contributed by atoms with Crippen LogP contribution in [0.5, 0.6) is 11.6 Å². The molecule has 0 aliphatic rings. The third-order valence-corrected chi connectivity index (χ3v) is 4.36. The Hall–Kier alpha value is -4.20. The van der Waals surface area contributed by atoms with Gasteiger partial charge in [-0.1, -0.05) is 17.7 Å². The number of nitrogens with one attached hydrogen (secondary N) is 2.